The average molecular weight is 259 g/mol. The van der Waals surface area contributed by atoms with Gasteiger partial charge >= 0.3 is 0 Å². The molecule has 1 fully saturated rings. The fraction of sp³-hybridized carbons (Fsp3) is 0.364. The highest BCUT2D eigenvalue weighted by Gasteiger charge is 2.22. The zero-order chi connectivity index (χ0) is 12.3. The van der Waals surface area contributed by atoms with Gasteiger partial charge in [-0.2, -0.15) is 0 Å². The van der Waals surface area contributed by atoms with Gasteiger partial charge in [-0.3, -0.25) is 4.79 Å². The molecule has 4 nitrogen and oxygen atoms in total. The molecular formula is C11H12ClFN2O2. The summed E-state index contributed by atoms with van der Waals surface area (Å²) in [5.41, 5.74) is 0.00606. The van der Waals surface area contributed by atoms with Crippen molar-refractivity contribution in [2.45, 2.75) is 6.04 Å². The zero-order valence-corrected chi connectivity index (χ0v) is 9.76. The van der Waals surface area contributed by atoms with E-state index in [1.807, 2.05) is 0 Å². The summed E-state index contributed by atoms with van der Waals surface area (Å²) in [6.07, 6.45) is 0. The van der Waals surface area contributed by atoms with E-state index in [4.69, 9.17) is 16.3 Å². The molecule has 1 heterocycles. The van der Waals surface area contributed by atoms with Crippen molar-refractivity contribution in [2.24, 2.45) is 0 Å². The van der Waals surface area contributed by atoms with Crippen molar-refractivity contribution in [1.29, 1.82) is 0 Å². The second-order valence-corrected chi connectivity index (χ2v) is 4.07. The minimum Gasteiger partial charge on any atom is -0.378 e. The highest BCUT2D eigenvalue weighted by molar-refractivity contribution is 6.33. The number of morpholine rings is 1. The molecule has 1 saturated heterocycles. The lowest BCUT2D eigenvalue weighted by atomic mass is 10.2. The Hall–Kier alpha value is -1.17. The summed E-state index contributed by atoms with van der Waals surface area (Å²) in [7, 11) is 0. The predicted molar refractivity (Wildman–Crippen MR) is 62.6 cm³/mol. The minimum atomic E-state index is -0.553. The highest BCUT2D eigenvalue weighted by Crippen LogP contribution is 2.24. The molecule has 1 atom stereocenters. The number of hydrogen-bond acceptors (Lipinski definition) is 3. The summed E-state index contributed by atoms with van der Waals surface area (Å²) in [6, 6.07) is 3.77. The largest absolute Gasteiger partial charge is 0.378 e. The Bertz CT molecular complexity index is 402. The normalized spacial score (nSPS) is 20.0. The van der Waals surface area contributed by atoms with Gasteiger partial charge in [0.15, 0.2) is 0 Å². The number of ether oxygens (including phenoxy) is 1. The van der Waals surface area contributed by atoms with Gasteiger partial charge in [-0.25, -0.2) is 4.39 Å². The summed E-state index contributed by atoms with van der Waals surface area (Å²) in [5.74, 6) is -0.903. The number of benzene rings is 1. The Morgan fingerprint density at radius 3 is 3.06 bits per heavy atom. The van der Waals surface area contributed by atoms with E-state index in [1.165, 1.54) is 18.2 Å². The second kappa shape index (κ2) is 5.44. The molecule has 2 rings (SSSR count). The molecule has 0 saturated carbocycles. The smallest absolute Gasteiger partial charge is 0.244 e. The summed E-state index contributed by atoms with van der Waals surface area (Å²) in [5, 5.41) is 5.61. The van der Waals surface area contributed by atoms with Crippen molar-refractivity contribution >= 4 is 23.2 Å². The van der Waals surface area contributed by atoms with Crippen LogP contribution in [0, 0.1) is 5.82 Å². The number of halogens is 2. The second-order valence-electron chi connectivity index (χ2n) is 3.67. The van der Waals surface area contributed by atoms with Crippen LogP contribution in [0.4, 0.5) is 10.1 Å². The van der Waals surface area contributed by atoms with E-state index in [0.717, 1.165) is 0 Å². The van der Waals surface area contributed by atoms with Gasteiger partial charge in [0.1, 0.15) is 11.9 Å². The van der Waals surface area contributed by atoms with E-state index in [-0.39, 0.29) is 23.2 Å². The summed E-state index contributed by atoms with van der Waals surface area (Å²) in [4.78, 5) is 11.8. The third kappa shape index (κ3) is 2.94. The number of carbonyl (C=O) groups is 1. The van der Waals surface area contributed by atoms with Crippen LogP contribution in [0.15, 0.2) is 18.2 Å². The fourth-order valence-corrected chi connectivity index (χ4v) is 1.77. The summed E-state index contributed by atoms with van der Waals surface area (Å²) >= 11 is 5.81. The van der Waals surface area contributed by atoms with Crippen molar-refractivity contribution in [3.05, 3.63) is 29.0 Å². The Balaban J connectivity index is 2.07. The van der Waals surface area contributed by atoms with Crippen molar-refractivity contribution < 1.29 is 13.9 Å². The Labute approximate surface area is 103 Å². The number of nitrogens with one attached hydrogen (secondary N) is 2. The topological polar surface area (TPSA) is 50.4 Å². The molecule has 1 aromatic carbocycles. The van der Waals surface area contributed by atoms with Gasteiger partial charge in [0.05, 0.1) is 23.9 Å². The number of para-hydroxylation sites is 1. The lowest BCUT2D eigenvalue weighted by Gasteiger charge is -2.23. The van der Waals surface area contributed by atoms with E-state index in [1.54, 1.807) is 0 Å². The van der Waals surface area contributed by atoms with E-state index in [0.29, 0.717) is 13.2 Å². The molecule has 6 heteroatoms. The van der Waals surface area contributed by atoms with Crippen LogP contribution in [0.25, 0.3) is 0 Å². The monoisotopic (exact) mass is 258 g/mol. The molecule has 1 amide bonds. The maximum Gasteiger partial charge on any atom is 0.244 e. The SMILES string of the molecule is O=C(Nc1c(F)cccc1Cl)C1COCCN1. The van der Waals surface area contributed by atoms with Gasteiger partial charge in [0, 0.05) is 6.54 Å². The van der Waals surface area contributed by atoms with Crippen LogP contribution in [0.3, 0.4) is 0 Å². The number of anilines is 1. The fourth-order valence-electron chi connectivity index (χ4n) is 1.56. The van der Waals surface area contributed by atoms with Crippen molar-refractivity contribution in [1.82, 2.24) is 5.32 Å². The first-order valence-corrected chi connectivity index (χ1v) is 5.62. The lowest BCUT2D eigenvalue weighted by molar-refractivity contribution is -0.120. The molecule has 1 aromatic rings. The number of carbonyl (C=O) groups excluding carboxylic acids is 1. The Morgan fingerprint density at radius 1 is 1.59 bits per heavy atom. The van der Waals surface area contributed by atoms with Gasteiger partial charge < -0.3 is 15.4 Å². The standard InChI is InChI=1S/C11H12ClFN2O2/c12-7-2-1-3-8(13)10(7)15-11(16)9-6-17-5-4-14-9/h1-3,9,14H,4-6H2,(H,15,16). The molecule has 1 aliphatic heterocycles. The van der Waals surface area contributed by atoms with Crippen LogP contribution in [0.1, 0.15) is 0 Å². The highest BCUT2D eigenvalue weighted by atomic mass is 35.5. The van der Waals surface area contributed by atoms with Crippen LogP contribution in [-0.4, -0.2) is 31.7 Å². The molecule has 0 aromatic heterocycles. The number of hydrogen-bond donors (Lipinski definition) is 2. The quantitative estimate of drug-likeness (QED) is 0.843. The molecule has 17 heavy (non-hydrogen) atoms. The molecule has 0 radical (unpaired) electrons. The van der Waals surface area contributed by atoms with Crippen molar-refractivity contribution in [2.75, 3.05) is 25.1 Å². The Kier molecular flexibility index (Phi) is 3.93. The van der Waals surface area contributed by atoms with E-state index in [2.05, 4.69) is 10.6 Å². The molecule has 0 spiro atoms. The molecule has 1 unspecified atom stereocenters. The van der Waals surface area contributed by atoms with Crippen LogP contribution in [0.5, 0.6) is 0 Å². The molecule has 1 aliphatic rings. The molecule has 0 aliphatic carbocycles. The summed E-state index contributed by atoms with van der Waals surface area (Å²) in [6.45, 7) is 1.45. The van der Waals surface area contributed by atoms with Gasteiger partial charge in [0.2, 0.25) is 5.91 Å². The summed E-state index contributed by atoms with van der Waals surface area (Å²) < 4.78 is 18.6. The molecule has 92 valence electrons. The zero-order valence-electron chi connectivity index (χ0n) is 9.00. The van der Waals surface area contributed by atoms with Crippen LogP contribution in [-0.2, 0) is 9.53 Å². The van der Waals surface area contributed by atoms with E-state index >= 15 is 0 Å². The maximum atomic E-state index is 13.4. The van der Waals surface area contributed by atoms with Crippen LogP contribution >= 0.6 is 11.6 Å². The van der Waals surface area contributed by atoms with Gasteiger partial charge in [-0.05, 0) is 12.1 Å². The molecular weight excluding hydrogens is 247 g/mol. The van der Waals surface area contributed by atoms with Crippen molar-refractivity contribution in [3.63, 3.8) is 0 Å². The first-order valence-electron chi connectivity index (χ1n) is 5.24. The maximum absolute atomic E-state index is 13.4. The van der Waals surface area contributed by atoms with Gasteiger partial charge in [-0.1, -0.05) is 17.7 Å². The molecule has 2 N–H and O–H groups in total. The van der Waals surface area contributed by atoms with E-state index < -0.39 is 11.9 Å². The first kappa shape index (κ1) is 12.3. The minimum absolute atomic E-state index is 0.00606. The van der Waals surface area contributed by atoms with Crippen molar-refractivity contribution in [3.8, 4) is 0 Å². The van der Waals surface area contributed by atoms with Gasteiger partial charge in [-0.15, -0.1) is 0 Å². The van der Waals surface area contributed by atoms with Crippen LogP contribution < -0.4 is 10.6 Å². The Morgan fingerprint density at radius 2 is 2.41 bits per heavy atom. The third-order valence-corrected chi connectivity index (χ3v) is 2.76. The average Bonchev–Trinajstić information content (AvgIpc) is 2.35. The van der Waals surface area contributed by atoms with Crippen LogP contribution in [0.2, 0.25) is 5.02 Å². The number of amides is 1. The lowest BCUT2D eigenvalue weighted by Crippen LogP contribution is -2.48. The third-order valence-electron chi connectivity index (χ3n) is 2.45. The first-order chi connectivity index (χ1) is 8.18. The van der Waals surface area contributed by atoms with Gasteiger partial charge in [0.25, 0.3) is 0 Å². The number of rotatable bonds is 2. The molecule has 0 bridgehead atoms. The predicted octanol–water partition coefficient (Wildman–Crippen LogP) is 1.41. The van der Waals surface area contributed by atoms with E-state index in [9.17, 15) is 9.18 Å².